The molecule has 21 heavy (non-hydrogen) atoms. The quantitative estimate of drug-likeness (QED) is 0.734. The van der Waals surface area contributed by atoms with Gasteiger partial charge >= 0.3 is 0 Å². The molecule has 1 aromatic carbocycles. The van der Waals surface area contributed by atoms with E-state index in [1.54, 1.807) is 23.9 Å². The minimum absolute atomic E-state index is 0.0106. The minimum Gasteiger partial charge on any atom is -0.508 e. The normalized spacial score (nSPS) is 10.5. The Hall–Kier alpha value is -2.09. The molecular weight excluding hydrogens is 290 g/mol. The number of carbonyl (C=O) groups excluding carboxylic acids is 1. The van der Waals surface area contributed by atoms with Gasteiger partial charge < -0.3 is 10.4 Å². The molecule has 0 unspecified atom stereocenters. The van der Waals surface area contributed by atoms with Crippen molar-refractivity contribution < 1.29 is 9.90 Å². The molecule has 0 bridgehead atoms. The molecule has 0 spiro atoms. The highest BCUT2D eigenvalue weighted by molar-refractivity contribution is 7.99. The summed E-state index contributed by atoms with van der Waals surface area (Å²) in [6, 6.07) is 6.97. The molecule has 0 aliphatic carbocycles. The smallest absolute Gasteiger partial charge is 0.220 e. The number of aryl methyl sites for hydroxylation is 1. The van der Waals surface area contributed by atoms with Crippen LogP contribution in [0.1, 0.15) is 12.0 Å². The lowest BCUT2D eigenvalue weighted by Crippen LogP contribution is -2.25. The first-order chi connectivity index (χ1) is 10.1. The predicted molar refractivity (Wildman–Crippen MR) is 79.0 cm³/mol. The van der Waals surface area contributed by atoms with Crippen LogP contribution in [0.5, 0.6) is 5.75 Å². The lowest BCUT2D eigenvalue weighted by atomic mass is 10.1. The van der Waals surface area contributed by atoms with Crippen molar-refractivity contribution in [3.05, 3.63) is 29.8 Å². The first kappa shape index (κ1) is 15.3. The molecule has 0 saturated heterocycles. The highest BCUT2D eigenvalue weighted by Gasteiger charge is 2.05. The van der Waals surface area contributed by atoms with E-state index in [9.17, 15) is 9.90 Å². The Balaban J connectivity index is 1.61. The number of nitrogens with one attached hydrogen (secondary N) is 1. The SMILES string of the molecule is Cn1nnnc1SCCC(=O)NCCc1ccc(O)cc1. The molecule has 2 aromatic rings. The fraction of sp³-hybridized carbons (Fsp3) is 0.385. The standard InChI is InChI=1S/C13H17N5O2S/c1-18-13(15-16-17-18)21-9-7-12(20)14-8-6-10-2-4-11(19)5-3-10/h2-5,19H,6-9H2,1H3,(H,14,20). The number of thioether (sulfide) groups is 1. The molecule has 0 aliphatic rings. The van der Waals surface area contributed by atoms with Gasteiger partial charge in [-0.05, 0) is 34.5 Å². The van der Waals surface area contributed by atoms with Gasteiger partial charge in [0.2, 0.25) is 11.1 Å². The molecule has 0 radical (unpaired) electrons. The van der Waals surface area contributed by atoms with Crippen molar-refractivity contribution in [2.24, 2.45) is 7.05 Å². The van der Waals surface area contributed by atoms with Crippen LogP contribution in [0.4, 0.5) is 0 Å². The summed E-state index contributed by atoms with van der Waals surface area (Å²) in [7, 11) is 1.76. The average molecular weight is 307 g/mol. The van der Waals surface area contributed by atoms with Crippen LogP contribution in [0.3, 0.4) is 0 Å². The maximum absolute atomic E-state index is 11.7. The number of tetrazole rings is 1. The first-order valence-electron chi connectivity index (χ1n) is 6.55. The lowest BCUT2D eigenvalue weighted by molar-refractivity contribution is -0.120. The van der Waals surface area contributed by atoms with E-state index in [-0.39, 0.29) is 11.7 Å². The summed E-state index contributed by atoms with van der Waals surface area (Å²) in [6.45, 7) is 0.583. The fourth-order valence-electron chi connectivity index (χ4n) is 1.68. The van der Waals surface area contributed by atoms with Crippen LogP contribution in [0.15, 0.2) is 29.4 Å². The number of phenolic OH excluding ortho intramolecular Hbond substituents is 1. The van der Waals surface area contributed by atoms with Gasteiger partial charge in [-0.1, -0.05) is 23.9 Å². The van der Waals surface area contributed by atoms with E-state index >= 15 is 0 Å². The van der Waals surface area contributed by atoms with Crippen molar-refractivity contribution in [2.75, 3.05) is 12.3 Å². The summed E-state index contributed by atoms with van der Waals surface area (Å²) >= 11 is 1.45. The second-order valence-corrected chi connectivity index (χ2v) is 5.51. The third kappa shape index (κ3) is 5.07. The Bertz CT molecular complexity index is 585. The molecule has 0 aliphatic heterocycles. The first-order valence-corrected chi connectivity index (χ1v) is 7.53. The molecule has 7 nitrogen and oxygen atoms in total. The Kier molecular flexibility index (Phi) is 5.56. The van der Waals surface area contributed by atoms with Crippen LogP contribution < -0.4 is 5.32 Å². The number of benzene rings is 1. The van der Waals surface area contributed by atoms with Crippen LogP contribution in [-0.4, -0.2) is 43.5 Å². The third-order valence-electron chi connectivity index (χ3n) is 2.81. The van der Waals surface area contributed by atoms with Gasteiger partial charge in [0.25, 0.3) is 0 Å². The van der Waals surface area contributed by atoms with Gasteiger partial charge in [0.1, 0.15) is 5.75 Å². The highest BCUT2D eigenvalue weighted by atomic mass is 32.2. The number of aromatic hydroxyl groups is 1. The Morgan fingerprint density at radius 1 is 1.38 bits per heavy atom. The van der Waals surface area contributed by atoms with Gasteiger partial charge in [0.05, 0.1) is 0 Å². The van der Waals surface area contributed by atoms with Crippen molar-refractivity contribution >= 4 is 17.7 Å². The maximum atomic E-state index is 11.7. The fourth-order valence-corrected chi connectivity index (χ4v) is 2.46. The topological polar surface area (TPSA) is 92.9 Å². The summed E-state index contributed by atoms with van der Waals surface area (Å²) in [5, 5.41) is 23.8. The highest BCUT2D eigenvalue weighted by Crippen LogP contribution is 2.13. The van der Waals surface area contributed by atoms with Gasteiger partial charge in [0.15, 0.2) is 0 Å². The molecule has 0 saturated carbocycles. The third-order valence-corrected chi connectivity index (χ3v) is 3.83. The number of amides is 1. The van der Waals surface area contributed by atoms with Gasteiger partial charge in [-0.2, -0.15) is 0 Å². The number of nitrogens with zero attached hydrogens (tertiary/aromatic N) is 4. The molecule has 1 heterocycles. The summed E-state index contributed by atoms with van der Waals surface area (Å²) in [4.78, 5) is 11.7. The van der Waals surface area contributed by atoms with E-state index in [0.29, 0.717) is 23.9 Å². The molecule has 0 fully saturated rings. The largest absolute Gasteiger partial charge is 0.508 e. The molecule has 2 rings (SSSR count). The van der Waals surface area contributed by atoms with E-state index < -0.39 is 0 Å². The van der Waals surface area contributed by atoms with E-state index in [1.165, 1.54) is 11.8 Å². The molecule has 0 atom stereocenters. The Morgan fingerprint density at radius 3 is 2.81 bits per heavy atom. The van der Waals surface area contributed by atoms with Gasteiger partial charge in [-0.3, -0.25) is 4.79 Å². The van der Waals surface area contributed by atoms with Crippen molar-refractivity contribution in [1.29, 1.82) is 0 Å². The monoisotopic (exact) mass is 307 g/mol. The van der Waals surface area contributed by atoms with Crippen molar-refractivity contribution in [3.8, 4) is 5.75 Å². The molecule has 2 N–H and O–H groups in total. The number of hydrogen-bond donors (Lipinski definition) is 2. The molecular formula is C13H17N5O2S. The Labute approximate surface area is 126 Å². The minimum atomic E-state index is 0.0106. The van der Waals surface area contributed by atoms with Gasteiger partial charge in [-0.15, -0.1) is 5.10 Å². The molecule has 112 valence electrons. The van der Waals surface area contributed by atoms with E-state index in [2.05, 4.69) is 20.8 Å². The number of hydrogen-bond acceptors (Lipinski definition) is 6. The predicted octanol–water partition coefficient (Wildman–Crippen LogP) is 0.757. The molecule has 1 amide bonds. The second kappa shape index (κ2) is 7.63. The summed E-state index contributed by atoms with van der Waals surface area (Å²) in [6.07, 6.45) is 1.17. The summed E-state index contributed by atoms with van der Waals surface area (Å²) < 4.78 is 1.58. The van der Waals surface area contributed by atoms with Crippen molar-refractivity contribution in [3.63, 3.8) is 0 Å². The summed E-state index contributed by atoms with van der Waals surface area (Å²) in [5.74, 6) is 0.897. The number of carbonyl (C=O) groups is 1. The van der Waals surface area contributed by atoms with E-state index in [1.807, 2.05) is 12.1 Å². The van der Waals surface area contributed by atoms with Crippen LogP contribution in [0.25, 0.3) is 0 Å². The number of aromatic nitrogens is 4. The Morgan fingerprint density at radius 2 is 2.14 bits per heavy atom. The lowest BCUT2D eigenvalue weighted by Gasteiger charge is -2.05. The average Bonchev–Trinajstić information content (AvgIpc) is 2.87. The van der Waals surface area contributed by atoms with Crippen molar-refractivity contribution in [1.82, 2.24) is 25.5 Å². The second-order valence-electron chi connectivity index (χ2n) is 4.45. The van der Waals surface area contributed by atoms with Crippen molar-refractivity contribution in [2.45, 2.75) is 18.0 Å². The van der Waals surface area contributed by atoms with Crippen LogP contribution >= 0.6 is 11.8 Å². The zero-order valence-electron chi connectivity index (χ0n) is 11.7. The number of rotatable bonds is 7. The zero-order valence-corrected chi connectivity index (χ0v) is 12.5. The molecule has 1 aromatic heterocycles. The van der Waals surface area contributed by atoms with Crippen LogP contribution in [0, 0.1) is 0 Å². The number of phenols is 1. The van der Waals surface area contributed by atoms with E-state index in [0.717, 1.165) is 12.0 Å². The van der Waals surface area contributed by atoms with Gasteiger partial charge in [0, 0.05) is 25.8 Å². The van der Waals surface area contributed by atoms with Gasteiger partial charge in [-0.25, -0.2) is 4.68 Å². The van der Waals surface area contributed by atoms with E-state index in [4.69, 9.17) is 0 Å². The van der Waals surface area contributed by atoms with Crippen LogP contribution in [-0.2, 0) is 18.3 Å². The molecule has 8 heteroatoms. The zero-order chi connectivity index (χ0) is 15.1. The van der Waals surface area contributed by atoms with Crippen LogP contribution in [0.2, 0.25) is 0 Å². The maximum Gasteiger partial charge on any atom is 0.220 e. The summed E-state index contributed by atoms with van der Waals surface area (Å²) in [5.41, 5.74) is 1.08.